The summed E-state index contributed by atoms with van der Waals surface area (Å²) in [5.74, 6) is -2.82. The van der Waals surface area contributed by atoms with Crippen molar-refractivity contribution >= 4 is 46.8 Å². The third-order valence-electron chi connectivity index (χ3n) is 6.07. The van der Waals surface area contributed by atoms with E-state index >= 15 is 0 Å². The Kier molecular flexibility index (Phi) is 15.7. The van der Waals surface area contributed by atoms with Crippen LogP contribution in [0.4, 0.5) is 17.1 Å². The molecule has 1 unspecified atom stereocenters. The molecule has 0 aromatic heterocycles. The Labute approximate surface area is 254 Å². The third-order valence-corrected chi connectivity index (χ3v) is 6.07. The van der Waals surface area contributed by atoms with Gasteiger partial charge < -0.3 is 42.5 Å². The van der Waals surface area contributed by atoms with Gasteiger partial charge in [0.2, 0.25) is 11.8 Å². The zero-order chi connectivity index (χ0) is 33.2. The summed E-state index contributed by atoms with van der Waals surface area (Å²) in [5, 5.41) is 42.2. The molecule has 2 atom stereocenters. The molecular weight excluding hydrogens is 576 g/mol. The Balaban J connectivity index is 0.000000568. The first-order chi connectivity index (χ1) is 20.7. The van der Waals surface area contributed by atoms with Gasteiger partial charge in [-0.05, 0) is 56.9 Å². The number of nitrogens with two attached hydrogens (primary N) is 2. The van der Waals surface area contributed by atoms with Crippen LogP contribution in [-0.4, -0.2) is 81.5 Å². The molecule has 0 radical (unpaired) electrons. The number of guanidine groups is 1. The number of carbonyl (C=O) groups excluding carboxylic acids is 2. The van der Waals surface area contributed by atoms with Crippen LogP contribution in [0.25, 0.3) is 0 Å². The van der Waals surface area contributed by atoms with E-state index in [2.05, 4.69) is 16.0 Å². The maximum atomic E-state index is 12.7. The number of carboxylic acids is 2. The van der Waals surface area contributed by atoms with E-state index in [1.54, 1.807) is 0 Å². The number of nitro benzene ring substituents is 1. The average molecular weight is 617 g/mol. The molecule has 0 bridgehead atoms. The van der Waals surface area contributed by atoms with Crippen LogP contribution in [0.15, 0.2) is 48.5 Å². The Morgan fingerprint density at radius 3 is 2.23 bits per heavy atom. The summed E-state index contributed by atoms with van der Waals surface area (Å²) in [4.78, 5) is 56.9. The van der Waals surface area contributed by atoms with Crippen LogP contribution in [0, 0.1) is 22.4 Å². The van der Waals surface area contributed by atoms with Crippen molar-refractivity contribution in [2.24, 2.45) is 5.73 Å². The summed E-state index contributed by atoms with van der Waals surface area (Å²) in [6.45, 7) is 3.93. The number of hydrogen-bond donors (Lipinski definition) is 8. The molecule has 1 aliphatic rings. The molecule has 2 aromatic rings. The van der Waals surface area contributed by atoms with E-state index in [0.717, 1.165) is 18.2 Å². The SMILES string of the molecule is CC(=O)O.Cc1ccc(NCC(=O)N2CCC[C@H]2C(=O)NC(CCCNC(=N)N)C(=O)O)cc1.Nc1ccc([N+](=O)[O-])cc1. The van der Waals surface area contributed by atoms with Gasteiger partial charge >= 0.3 is 5.97 Å². The Morgan fingerprint density at radius 1 is 1.11 bits per heavy atom. The molecule has 1 saturated heterocycles. The van der Waals surface area contributed by atoms with Crippen LogP contribution < -0.4 is 27.4 Å². The molecule has 1 aliphatic heterocycles. The molecule has 2 aromatic carbocycles. The standard InChI is InChI=1S/C20H30N6O4.C6H6N2O2.C2H4O2/c1-13-6-8-14(9-7-13)24-12-17(27)26-11-3-5-16(26)18(28)25-15(19(29)30)4-2-10-23-20(21)22;7-5-1-3-6(4-2-5)8(9)10;1-2(3)4/h6-9,15-16,24H,2-5,10-12H2,1H3,(H,25,28)(H,29,30)(H4,21,22,23);1-4H,7H2;1H3,(H,3,4)/t15?,16-;;/m0../s1. The van der Waals surface area contributed by atoms with E-state index in [-0.39, 0.29) is 30.5 Å². The van der Waals surface area contributed by atoms with Crippen LogP contribution in [-0.2, 0) is 19.2 Å². The second kappa shape index (κ2) is 18.9. The van der Waals surface area contributed by atoms with Gasteiger partial charge in [0.05, 0.1) is 11.5 Å². The molecule has 10 N–H and O–H groups in total. The summed E-state index contributed by atoms with van der Waals surface area (Å²) in [7, 11) is 0. The Bertz CT molecular complexity index is 1270. The number of likely N-dealkylation sites (tertiary alicyclic amines) is 1. The number of nitrogens with one attached hydrogen (secondary N) is 4. The van der Waals surface area contributed by atoms with Gasteiger partial charge in [-0.25, -0.2) is 4.79 Å². The van der Waals surface area contributed by atoms with Gasteiger partial charge in [-0.3, -0.25) is 29.9 Å². The Hall–Kier alpha value is -5.41. The van der Waals surface area contributed by atoms with E-state index in [1.165, 1.54) is 29.2 Å². The van der Waals surface area contributed by atoms with Crippen molar-refractivity contribution in [2.75, 3.05) is 30.7 Å². The molecule has 1 fully saturated rings. The third kappa shape index (κ3) is 14.5. The van der Waals surface area contributed by atoms with Crippen molar-refractivity contribution in [3.05, 3.63) is 64.2 Å². The summed E-state index contributed by atoms with van der Waals surface area (Å²) >= 11 is 0. The van der Waals surface area contributed by atoms with Crippen LogP contribution in [0.5, 0.6) is 0 Å². The minimum Gasteiger partial charge on any atom is -0.481 e. The molecule has 16 heteroatoms. The first-order valence-electron chi connectivity index (χ1n) is 13.6. The topological polar surface area (TPSA) is 267 Å². The van der Waals surface area contributed by atoms with Gasteiger partial charge in [0.15, 0.2) is 5.96 Å². The molecule has 3 rings (SSSR count). The van der Waals surface area contributed by atoms with Crippen molar-refractivity contribution in [1.29, 1.82) is 5.41 Å². The lowest BCUT2D eigenvalue weighted by atomic mass is 10.1. The van der Waals surface area contributed by atoms with E-state index in [1.807, 2.05) is 31.2 Å². The Morgan fingerprint density at radius 2 is 1.70 bits per heavy atom. The number of nitrogens with zero attached hydrogens (tertiary/aromatic N) is 2. The number of aliphatic carboxylic acids is 2. The van der Waals surface area contributed by atoms with Crippen molar-refractivity contribution in [1.82, 2.24) is 15.5 Å². The highest BCUT2D eigenvalue weighted by molar-refractivity contribution is 5.92. The number of carbonyl (C=O) groups is 4. The molecular formula is C28H40N8O8. The van der Waals surface area contributed by atoms with E-state index in [0.29, 0.717) is 38.0 Å². The number of hydrogen-bond acceptors (Lipinski definition) is 9. The average Bonchev–Trinajstić information content (AvgIpc) is 3.45. The number of anilines is 2. The highest BCUT2D eigenvalue weighted by Gasteiger charge is 2.35. The van der Waals surface area contributed by atoms with Gasteiger partial charge in [-0.15, -0.1) is 0 Å². The molecule has 1 heterocycles. The molecule has 0 spiro atoms. The van der Waals surface area contributed by atoms with Crippen molar-refractivity contribution in [2.45, 2.75) is 51.6 Å². The van der Waals surface area contributed by atoms with Crippen molar-refractivity contribution in [3.63, 3.8) is 0 Å². The van der Waals surface area contributed by atoms with Gasteiger partial charge in [0.1, 0.15) is 12.1 Å². The number of carboxylic acid groups (broad SMARTS) is 2. The summed E-state index contributed by atoms with van der Waals surface area (Å²) < 4.78 is 0. The fraction of sp³-hybridized carbons (Fsp3) is 0.393. The van der Waals surface area contributed by atoms with E-state index in [9.17, 15) is 29.6 Å². The summed E-state index contributed by atoms with van der Waals surface area (Å²) in [6.07, 6.45) is 1.80. The minimum absolute atomic E-state index is 0.0614. The second-order valence-electron chi connectivity index (χ2n) is 9.71. The lowest BCUT2D eigenvalue weighted by molar-refractivity contribution is -0.384. The lowest BCUT2D eigenvalue weighted by Crippen LogP contribution is -2.51. The quantitative estimate of drug-likeness (QED) is 0.0446. The van der Waals surface area contributed by atoms with Gasteiger partial charge in [0, 0.05) is 43.5 Å². The number of amides is 2. The molecule has 0 saturated carbocycles. The summed E-state index contributed by atoms with van der Waals surface area (Å²) in [5.41, 5.74) is 13.0. The largest absolute Gasteiger partial charge is 0.481 e. The highest BCUT2D eigenvalue weighted by atomic mass is 16.6. The number of nitro groups is 1. The number of rotatable bonds is 11. The molecule has 0 aliphatic carbocycles. The zero-order valence-corrected chi connectivity index (χ0v) is 24.6. The maximum Gasteiger partial charge on any atom is 0.326 e. The van der Waals surface area contributed by atoms with Gasteiger partial charge in [-0.2, -0.15) is 0 Å². The molecule has 16 nitrogen and oxygen atoms in total. The normalized spacial score (nSPS) is 14.0. The second-order valence-corrected chi connectivity index (χ2v) is 9.71. The van der Waals surface area contributed by atoms with E-state index in [4.69, 9.17) is 26.8 Å². The van der Waals surface area contributed by atoms with Crippen LogP contribution in [0.2, 0.25) is 0 Å². The van der Waals surface area contributed by atoms with Gasteiger partial charge in [-0.1, -0.05) is 17.7 Å². The minimum atomic E-state index is -1.14. The van der Waals surface area contributed by atoms with E-state index < -0.39 is 34.9 Å². The lowest BCUT2D eigenvalue weighted by Gasteiger charge is -2.26. The zero-order valence-electron chi connectivity index (χ0n) is 24.6. The monoisotopic (exact) mass is 616 g/mol. The number of non-ortho nitro benzene ring substituents is 1. The summed E-state index contributed by atoms with van der Waals surface area (Å²) in [6, 6.07) is 11.7. The first kappa shape index (κ1) is 36.6. The smallest absolute Gasteiger partial charge is 0.326 e. The van der Waals surface area contributed by atoms with Gasteiger partial charge in [0.25, 0.3) is 11.7 Å². The van der Waals surface area contributed by atoms with Crippen molar-refractivity contribution < 1.29 is 34.3 Å². The number of nitrogen functional groups attached to an aromatic ring is 1. The fourth-order valence-electron chi connectivity index (χ4n) is 3.94. The van der Waals surface area contributed by atoms with Crippen LogP contribution in [0.1, 0.15) is 38.2 Å². The predicted octanol–water partition coefficient (Wildman–Crippen LogP) is 1.50. The molecule has 2 amide bonds. The number of benzene rings is 2. The highest BCUT2D eigenvalue weighted by Crippen LogP contribution is 2.19. The van der Waals surface area contributed by atoms with Crippen molar-refractivity contribution in [3.8, 4) is 0 Å². The predicted molar refractivity (Wildman–Crippen MR) is 164 cm³/mol. The maximum absolute atomic E-state index is 12.7. The first-order valence-corrected chi connectivity index (χ1v) is 13.6. The van der Waals surface area contributed by atoms with Crippen LogP contribution >= 0.6 is 0 Å². The molecule has 44 heavy (non-hydrogen) atoms. The van der Waals surface area contributed by atoms with Crippen LogP contribution in [0.3, 0.4) is 0 Å². The fourth-order valence-corrected chi connectivity index (χ4v) is 3.94. The molecule has 240 valence electrons. The number of aryl methyl sites for hydroxylation is 1.